The van der Waals surface area contributed by atoms with Gasteiger partial charge in [-0.2, -0.15) is 0 Å². The summed E-state index contributed by atoms with van der Waals surface area (Å²) < 4.78 is 5.17. The minimum Gasteiger partial charge on any atom is -0.445 e. The van der Waals surface area contributed by atoms with E-state index >= 15 is 0 Å². The molecule has 1 saturated heterocycles. The highest BCUT2D eigenvalue weighted by Crippen LogP contribution is 2.53. The predicted octanol–water partition coefficient (Wildman–Crippen LogP) is 2.15. The minimum absolute atomic E-state index is 0.167. The van der Waals surface area contributed by atoms with Gasteiger partial charge in [0.2, 0.25) is 0 Å². The predicted molar refractivity (Wildman–Crippen MR) is 88.0 cm³/mol. The number of rotatable bonds is 6. The number of piperidine rings is 1. The lowest BCUT2D eigenvalue weighted by molar-refractivity contribution is 0.00830. The molecule has 2 fully saturated rings. The fourth-order valence-electron chi connectivity index (χ4n) is 3.29. The molecule has 2 aliphatic rings. The fraction of sp³-hybridized carbons (Fsp3) is 0.611. The van der Waals surface area contributed by atoms with Crippen LogP contribution in [0.2, 0.25) is 0 Å². The van der Waals surface area contributed by atoms with Crippen LogP contribution in [0, 0.1) is 5.41 Å². The van der Waals surface area contributed by atoms with Gasteiger partial charge in [-0.3, -0.25) is 0 Å². The van der Waals surface area contributed by atoms with Crippen molar-refractivity contribution in [3.05, 3.63) is 35.9 Å². The van der Waals surface area contributed by atoms with Gasteiger partial charge in [-0.1, -0.05) is 30.3 Å². The molecule has 1 heterocycles. The number of nitrogens with zero attached hydrogens (tertiary/aromatic N) is 1. The molecule has 0 radical (unpaired) electrons. The van der Waals surface area contributed by atoms with Crippen molar-refractivity contribution in [1.29, 1.82) is 0 Å². The minimum atomic E-state index is -0.371. The standard InChI is InChI=1S/C18H26N2O3/c21-16-13-20(12-9-18(16)7-8-18)11-4-10-19-17(22)23-14-15-5-2-1-3-6-15/h1-3,5-6,16,21H,4,7-14H2,(H,19,22). The average molecular weight is 318 g/mol. The molecule has 1 aromatic rings. The summed E-state index contributed by atoms with van der Waals surface area (Å²) in [6, 6.07) is 9.65. The van der Waals surface area contributed by atoms with Gasteiger partial charge in [0.15, 0.2) is 0 Å². The van der Waals surface area contributed by atoms with E-state index in [0.717, 1.165) is 38.0 Å². The Morgan fingerprint density at radius 1 is 1.30 bits per heavy atom. The molecule has 1 saturated carbocycles. The monoisotopic (exact) mass is 318 g/mol. The lowest BCUT2D eigenvalue weighted by Crippen LogP contribution is -2.45. The average Bonchev–Trinajstić information content (AvgIpc) is 3.35. The Kier molecular flexibility index (Phi) is 5.18. The quantitative estimate of drug-likeness (QED) is 0.789. The van der Waals surface area contributed by atoms with Crippen LogP contribution >= 0.6 is 0 Å². The zero-order chi connectivity index (χ0) is 16.1. The van der Waals surface area contributed by atoms with Crippen molar-refractivity contribution >= 4 is 6.09 Å². The Balaban J connectivity index is 1.26. The normalized spacial score (nSPS) is 22.7. The first-order valence-corrected chi connectivity index (χ1v) is 8.53. The Bertz CT molecular complexity index is 516. The van der Waals surface area contributed by atoms with E-state index in [1.807, 2.05) is 30.3 Å². The number of likely N-dealkylation sites (tertiary alicyclic amines) is 1. The molecule has 1 atom stereocenters. The summed E-state index contributed by atoms with van der Waals surface area (Å²) in [7, 11) is 0. The number of nitrogens with one attached hydrogen (secondary N) is 1. The SMILES string of the molecule is O=C(NCCCN1CCC2(CC2)C(O)C1)OCc1ccccc1. The molecule has 2 N–H and O–H groups in total. The van der Waals surface area contributed by atoms with Crippen LogP contribution in [0.15, 0.2) is 30.3 Å². The van der Waals surface area contributed by atoms with Crippen LogP contribution in [0.1, 0.15) is 31.2 Å². The summed E-state index contributed by atoms with van der Waals surface area (Å²) in [4.78, 5) is 13.9. The first-order valence-electron chi connectivity index (χ1n) is 8.53. The number of β-amino-alcohol motifs (C(OH)–C–C–N with tert-alkyl or cyclic N) is 1. The molecule has 1 amide bonds. The third-order valence-electron chi connectivity index (χ3n) is 5.09. The smallest absolute Gasteiger partial charge is 0.407 e. The van der Waals surface area contributed by atoms with Crippen LogP contribution in [0.25, 0.3) is 0 Å². The van der Waals surface area contributed by atoms with E-state index in [1.165, 1.54) is 12.8 Å². The number of carbonyl (C=O) groups excluding carboxylic acids is 1. The molecule has 0 bridgehead atoms. The van der Waals surface area contributed by atoms with E-state index in [2.05, 4.69) is 10.2 Å². The van der Waals surface area contributed by atoms with Gasteiger partial charge in [0, 0.05) is 13.1 Å². The molecule has 1 aromatic carbocycles. The third kappa shape index (κ3) is 4.45. The molecule has 23 heavy (non-hydrogen) atoms. The van der Waals surface area contributed by atoms with Crippen LogP contribution in [0.3, 0.4) is 0 Å². The largest absolute Gasteiger partial charge is 0.445 e. The van der Waals surface area contributed by atoms with Gasteiger partial charge in [0.25, 0.3) is 0 Å². The Labute approximate surface area is 137 Å². The number of amides is 1. The summed E-state index contributed by atoms with van der Waals surface area (Å²) in [5, 5.41) is 12.9. The Hall–Kier alpha value is -1.59. The summed E-state index contributed by atoms with van der Waals surface area (Å²) in [6.45, 7) is 3.65. The van der Waals surface area contributed by atoms with Crippen LogP contribution in [-0.2, 0) is 11.3 Å². The van der Waals surface area contributed by atoms with E-state index in [9.17, 15) is 9.90 Å². The van der Waals surface area contributed by atoms with Crippen LogP contribution in [-0.4, -0.2) is 48.4 Å². The second kappa shape index (κ2) is 7.32. The zero-order valence-corrected chi connectivity index (χ0v) is 13.5. The second-order valence-electron chi connectivity index (χ2n) is 6.77. The Morgan fingerprint density at radius 2 is 2.09 bits per heavy atom. The van der Waals surface area contributed by atoms with Crippen molar-refractivity contribution in [2.45, 2.75) is 38.4 Å². The number of benzene rings is 1. The first kappa shape index (κ1) is 16.3. The highest BCUT2D eigenvalue weighted by molar-refractivity contribution is 5.67. The number of aliphatic hydroxyl groups excluding tert-OH is 1. The second-order valence-corrected chi connectivity index (χ2v) is 6.77. The molecule has 1 aliphatic carbocycles. The number of alkyl carbamates (subject to hydrolysis) is 1. The van der Waals surface area contributed by atoms with Crippen LogP contribution < -0.4 is 5.32 Å². The Morgan fingerprint density at radius 3 is 2.78 bits per heavy atom. The molecule has 126 valence electrons. The highest BCUT2D eigenvalue weighted by atomic mass is 16.5. The first-order chi connectivity index (χ1) is 11.2. The molecular formula is C18H26N2O3. The van der Waals surface area contributed by atoms with Gasteiger partial charge in [-0.25, -0.2) is 4.79 Å². The lowest BCUT2D eigenvalue weighted by Gasteiger charge is -2.36. The maximum Gasteiger partial charge on any atom is 0.407 e. The van der Waals surface area contributed by atoms with Crippen LogP contribution in [0.4, 0.5) is 4.79 Å². The lowest BCUT2D eigenvalue weighted by atomic mass is 9.90. The van der Waals surface area contributed by atoms with Gasteiger partial charge < -0.3 is 20.1 Å². The zero-order valence-electron chi connectivity index (χ0n) is 13.5. The molecule has 1 unspecified atom stereocenters. The summed E-state index contributed by atoms with van der Waals surface area (Å²) >= 11 is 0. The molecule has 3 rings (SSSR count). The van der Waals surface area contributed by atoms with Gasteiger partial charge in [-0.05, 0) is 49.8 Å². The molecule has 1 spiro atoms. The number of hydrogen-bond donors (Lipinski definition) is 2. The summed E-state index contributed by atoms with van der Waals surface area (Å²) in [6.07, 6.45) is 3.83. The maximum atomic E-state index is 11.6. The van der Waals surface area contributed by atoms with Gasteiger partial charge >= 0.3 is 6.09 Å². The molecule has 0 aromatic heterocycles. The topological polar surface area (TPSA) is 61.8 Å². The number of aliphatic hydroxyl groups is 1. The number of ether oxygens (including phenoxy) is 1. The van der Waals surface area contributed by atoms with Gasteiger partial charge in [0.1, 0.15) is 6.61 Å². The van der Waals surface area contributed by atoms with Crippen molar-refractivity contribution in [2.75, 3.05) is 26.2 Å². The van der Waals surface area contributed by atoms with Crippen LogP contribution in [0.5, 0.6) is 0 Å². The maximum absolute atomic E-state index is 11.6. The fourth-order valence-corrected chi connectivity index (χ4v) is 3.29. The summed E-state index contributed by atoms with van der Waals surface area (Å²) in [5.74, 6) is 0. The molecule has 1 aliphatic heterocycles. The van der Waals surface area contributed by atoms with Crippen molar-refractivity contribution in [3.8, 4) is 0 Å². The number of carbonyl (C=O) groups is 1. The molecule has 5 nitrogen and oxygen atoms in total. The molecular weight excluding hydrogens is 292 g/mol. The van der Waals surface area contributed by atoms with E-state index in [-0.39, 0.29) is 17.6 Å². The summed E-state index contributed by atoms with van der Waals surface area (Å²) in [5.41, 5.74) is 1.25. The third-order valence-corrected chi connectivity index (χ3v) is 5.09. The van der Waals surface area contributed by atoms with E-state index in [1.54, 1.807) is 0 Å². The van der Waals surface area contributed by atoms with E-state index < -0.39 is 0 Å². The highest BCUT2D eigenvalue weighted by Gasteiger charge is 2.50. The van der Waals surface area contributed by atoms with Crippen molar-refractivity contribution < 1.29 is 14.6 Å². The molecule has 5 heteroatoms. The van der Waals surface area contributed by atoms with E-state index in [4.69, 9.17) is 4.74 Å². The van der Waals surface area contributed by atoms with Crippen molar-refractivity contribution in [1.82, 2.24) is 10.2 Å². The van der Waals surface area contributed by atoms with E-state index in [0.29, 0.717) is 13.2 Å². The van der Waals surface area contributed by atoms with Crippen molar-refractivity contribution in [2.24, 2.45) is 5.41 Å². The van der Waals surface area contributed by atoms with Crippen molar-refractivity contribution in [3.63, 3.8) is 0 Å². The van der Waals surface area contributed by atoms with Gasteiger partial charge in [0.05, 0.1) is 6.10 Å². The number of hydrogen-bond acceptors (Lipinski definition) is 4. The van der Waals surface area contributed by atoms with Gasteiger partial charge in [-0.15, -0.1) is 0 Å².